The molecular weight excluding hydrogens is 568 g/mol. The molecule has 11 nitrogen and oxygen atoms in total. The smallest absolute Gasteiger partial charge is 0.278 e. The Labute approximate surface area is 260 Å². The second-order valence-corrected chi connectivity index (χ2v) is 12.0. The minimum Gasteiger partial charge on any atom is -0.480 e. The molecule has 228 valence electrons. The lowest BCUT2D eigenvalue weighted by atomic mass is 10.0. The van der Waals surface area contributed by atoms with Gasteiger partial charge in [0.05, 0.1) is 6.54 Å². The van der Waals surface area contributed by atoms with Crippen molar-refractivity contribution in [1.82, 2.24) is 29.2 Å². The van der Waals surface area contributed by atoms with Crippen molar-refractivity contribution in [2.45, 2.75) is 25.8 Å². The van der Waals surface area contributed by atoms with E-state index >= 15 is 0 Å². The zero-order valence-electron chi connectivity index (χ0n) is 25.2. The van der Waals surface area contributed by atoms with E-state index in [9.17, 15) is 9.59 Å². The second kappa shape index (κ2) is 11.2. The summed E-state index contributed by atoms with van der Waals surface area (Å²) in [6, 6.07) is 16.8. The average Bonchev–Trinajstić information content (AvgIpc) is 3.33. The Morgan fingerprint density at radius 2 is 1.73 bits per heavy atom. The average molecular weight is 603 g/mol. The van der Waals surface area contributed by atoms with E-state index in [2.05, 4.69) is 64.3 Å². The predicted molar refractivity (Wildman–Crippen MR) is 174 cm³/mol. The Bertz CT molecular complexity index is 2040. The number of benzene rings is 2. The largest absolute Gasteiger partial charge is 0.480 e. The molecule has 11 heteroatoms. The highest BCUT2D eigenvalue weighted by Gasteiger charge is 2.28. The lowest BCUT2D eigenvalue weighted by Gasteiger charge is -2.34. The molecule has 3 aliphatic heterocycles. The van der Waals surface area contributed by atoms with Gasteiger partial charge in [0.15, 0.2) is 29.6 Å². The zero-order valence-corrected chi connectivity index (χ0v) is 25.2. The molecule has 0 atom stereocenters. The van der Waals surface area contributed by atoms with Crippen LogP contribution in [0.3, 0.4) is 0 Å². The third-order valence-electron chi connectivity index (χ3n) is 8.99. The van der Waals surface area contributed by atoms with E-state index in [0.29, 0.717) is 53.8 Å². The molecule has 2 bridgehead atoms. The van der Waals surface area contributed by atoms with Crippen molar-refractivity contribution in [3.63, 3.8) is 0 Å². The van der Waals surface area contributed by atoms with Gasteiger partial charge in [-0.25, -0.2) is 24.3 Å². The molecule has 0 N–H and O–H groups in total. The summed E-state index contributed by atoms with van der Waals surface area (Å²) in [5, 5.41) is 2.79. The Hall–Kier alpha value is -5.03. The van der Waals surface area contributed by atoms with Crippen molar-refractivity contribution < 1.29 is 9.53 Å². The molecule has 45 heavy (non-hydrogen) atoms. The Balaban J connectivity index is 1.16. The van der Waals surface area contributed by atoms with Crippen molar-refractivity contribution in [3.8, 4) is 11.6 Å². The van der Waals surface area contributed by atoms with E-state index < -0.39 is 0 Å². The maximum absolute atomic E-state index is 13.6. The van der Waals surface area contributed by atoms with Gasteiger partial charge in [0, 0.05) is 51.0 Å². The lowest BCUT2D eigenvalue weighted by molar-refractivity contribution is -0.121. The number of pyridine rings is 1. The van der Waals surface area contributed by atoms with Crippen molar-refractivity contribution in [3.05, 3.63) is 88.6 Å². The van der Waals surface area contributed by atoms with Crippen LogP contribution in [0.1, 0.15) is 24.2 Å². The first-order valence-electron chi connectivity index (χ1n) is 15.5. The molecule has 0 spiro atoms. The fourth-order valence-corrected chi connectivity index (χ4v) is 6.46. The first kappa shape index (κ1) is 27.5. The van der Waals surface area contributed by atoms with Crippen LogP contribution in [0.25, 0.3) is 27.6 Å². The van der Waals surface area contributed by atoms with Gasteiger partial charge in [0.25, 0.3) is 11.5 Å². The number of piperazine rings is 1. The van der Waals surface area contributed by atoms with E-state index in [1.807, 2.05) is 12.1 Å². The van der Waals surface area contributed by atoms with Gasteiger partial charge in [-0.15, -0.1) is 0 Å². The van der Waals surface area contributed by atoms with Crippen LogP contribution < -0.4 is 20.1 Å². The van der Waals surface area contributed by atoms with Crippen molar-refractivity contribution in [1.29, 1.82) is 0 Å². The first-order chi connectivity index (χ1) is 22.0. The molecule has 0 radical (unpaired) electrons. The van der Waals surface area contributed by atoms with Crippen LogP contribution >= 0.6 is 0 Å². The third-order valence-corrected chi connectivity index (χ3v) is 8.99. The van der Waals surface area contributed by atoms with Gasteiger partial charge in [-0.1, -0.05) is 36.4 Å². The van der Waals surface area contributed by atoms with Gasteiger partial charge >= 0.3 is 0 Å². The van der Waals surface area contributed by atoms with Crippen LogP contribution in [0.2, 0.25) is 0 Å². The van der Waals surface area contributed by atoms with Gasteiger partial charge in [0.2, 0.25) is 0 Å². The standard InChI is InChI=1S/C34H34N8O3/c1-38-14-16-39(17-15-38)26-9-8-24-18-23(6-7-25(24)20-26)19-29-35-21-27-32(36-29)42-30-11-10-28-33(37-30)40(31(43)22-45-28)12-4-2-3-5-13-41(42)34(27)44/h3,5-11,18,20-21H,2,4,12-17,19,22H2,1H3/b5-3-. The maximum atomic E-state index is 13.6. The number of amides is 1. The summed E-state index contributed by atoms with van der Waals surface area (Å²) in [4.78, 5) is 47.2. The third kappa shape index (κ3) is 5.02. The van der Waals surface area contributed by atoms with Crippen LogP contribution in [0.15, 0.2) is 71.7 Å². The van der Waals surface area contributed by atoms with E-state index in [4.69, 9.17) is 14.7 Å². The van der Waals surface area contributed by atoms with Crippen molar-refractivity contribution in [2.24, 2.45) is 0 Å². The van der Waals surface area contributed by atoms with Gasteiger partial charge in [-0.2, -0.15) is 0 Å². The SMILES string of the molecule is CN1CCN(c2ccc3cc(Cc4ncc5c(=O)n6n(c5n4)-c4ccc5c(n4)N(CCC/C=C\C6)C(=O)CO5)ccc3c2)CC1. The Kier molecular flexibility index (Phi) is 6.82. The predicted octanol–water partition coefficient (Wildman–Crippen LogP) is 3.55. The normalized spacial score (nSPS) is 17.9. The number of carbonyl (C=O) groups excluding carboxylic acids is 1. The number of carbonyl (C=O) groups is 1. The number of aromatic nitrogens is 5. The molecule has 6 heterocycles. The summed E-state index contributed by atoms with van der Waals surface area (Å²) in [5.41, 5.74) is 2.64. The van der Waals surface area contributed by atoms with E-state index in [1.54, 1.807) is 26.5 Å². The molecule has 1 amide bonds. The zero-order chi connectivity index (χ0) is 30.5. The summed E-state index contributed by atoms with van der Waals surface area (Å²) < 4.78 is 9.05. The number of hydrogen-bond acceptors (Lipinski definition) is 8. The number of nitrogens with zero attached hydrogens (tertiary/aromatic N) is 8. The first-order valence-corrected chi connectivity index (χ1v) is 15.5. The van der Waals surface area contributed by atoms with Crippen LogP contribution in [0, 0.1) is 0 Å². The van der Waals surface area contributed by atoms with Crippen LogP contribution in [-0.4, -0.2) is 81.5 Å². The van der Waals surface area contributed by atoms with Gasteiger partial charge in [0.1, 0.15) is 11.2 Å². The molecule has 1 saturated heterocycles. The van der Waals surface area contributed by atoms with Crippen LogP contribution in [0.4, 0.5) is 11.5 Å². The number of ether oxygens (including phenoxy) is 1. The number of rotatable bonds is 3. The van der Waals surface area contributed by atoms with E-state index in [1.165, 1.54) is 16.5 Å². The van der Waals surface area contributed by atoms with E-state index in [-0.39, 0.29) is 18.1 Å². The van der Waals surface area contributed by atoms with E-state index in [0.717, 1.165) is 44.6 Å². The van der Waals surface area contributed by atoms with Gasteiger partial charge in [-0.05, 0) is 60.5 Å². The van der Waals surface area contributed by atoms with Gasteiger partial charge in [-0.3, -0.25) is 14.5 Å². The van der Waals surface area contributed by atoms with Gasteiger partial charge < -0.3 is 14.5 Å². The second-order valence-electron chi connectivity index (χ2n) is 12.0. The van der Waals surface area contributed by atoms with Crippen LogP contribution in [0.5, 0.6) is 5.75 Å². The fourth-order valence-electron chi connectivity index (χ4n) is 6.46. The summed E-state index contributed by atoms with van der Waals surface area (Å²) in [5.74, 6) is 1.99. The number of anilines is 2. The summed E-state index contributed by atoms with van der Waals surface area (Å²) in [7, 11) is 2.17. The number of allylic oxidation sites excluding steroid dienone is 2. The highest BCUT2D eigenvalue weighted by Crippen LogP contribution is 2.32. The van der Waals surface area contributed by atoms with Crippen LogP contribution in [-0.2, 0) is 17.8 Å². The molecule has 3 aromatic heterocycles. The minimum atomic E-state index is -0.191. The Morgan fingerprint density at radius 3 is 2.62 bits per heavy atom. The topological polar surface area (TPSA) is 102 Å². The molecule has 0 saturated carbocycles. The molecule has 1 fully saturated rings. The molecule has 0 unspecified atom stereocenters. The molecular formula is C34H34N8O3. The molecule has 2 aromatic carbocycles. The maximum Gasteiger partial charge on any atom is 0.278 e. The molecule has 5 aromatic rings. The fraction of sp³-hybridized carbons (Fsp3) is 0.324. The Morgan fingerprint density at radius 1 is 0.889 bits per heavy atom. The highest BCUT2D eigenvalue weighted by atomic mass is 16.5. The summed E-state index contributed by atoms with van der Waals surface area (Å²) >= 11 is 0. The highest BCUT2D eigenvalue weighted by molar-refractivity contribution is 5.96. The molecule has 8 rings (SSSR count). The number of likely N-dealkylation sites (N-methyl/N-ethyl adjacent to an activating group) is 1. The molecule has 0 aliphatic carbocycles. The number of fused-ring (bicyclic) bond motifs is 6. The molecule has 3 aliphatic rings. The van der Waals surface area contributed by atoms with Crippen molar-refractivity contribution in [2.75, 3.05) is 56.2 Å². The minimum absolute atomic E-state index is 0.0101. The van der Waals surface area contributed by atoms with Crippen molar-refractivity contribution >= 4 is 39.2 Å². The monoisotopic (exact) mass is 602 g/mol. The quantitative estimate of drug-likeness (QED) is 0.289. The number of hydrogen-bond donors (Lipinski definition) is 0. The summed E-state index contributed by atoms with van der Waals surface area (Å²) in [6.07, 6.45) is 7.73. The summed E-state index contributed by atoms with van der Waals surface area (Å²) in [6.45, 7) is 5.12. The lowest BCUT2D eigenvalue weighted by Crippen LogP contribution is -2.44.